The van der Waals surface area contributed by atoms with Gasteiger partial charge in [0.25, 0.3) is 0 Å². The van der Waals surface area contributed by atoms with Gasteiger partial charge in [-0.2, -0.15) is 0 Å². The summed E-state index contributed by atoms with van der Waals surface area (Å²) in [6.07, 6.45) is 0.498. The minimum atomic E-state index is -0.406. The third-order valence-corrected chi connectivity index (χ3v) is 3.08. The molecule has 0 atom stereocenters. The van der Waals surface area contributed by atoms with Crippen LogP contribution in [0.5, 0.6) is 11.5 Å². The lowest BCUT2D eigenvalue weighted by molar-refractivity contribution is 0.295. The lowest BCUT2D eigenvalue weighted by Crippen LogP contribution is -2.06. The summed E-state index contributed by atoms with van der Waals surface area (Å²) in [5, 5.41) is 0. The Hall–Kier alpha value is -2.14. The number of ether oxygens (including phenoxy) is 2. The van der Waals surface area contributed by atoms with E-state index in [1.807, 2.05) is 0 Å². The van der Waals surface area contributed by atoms with Crippen molar-refractivity contribution in [1.29, 1.82) is 0 Å². The van der Waals surface area contributed by atoms with Gasteiger partial charge in [0.15, 0.2) is 0 Å². The molecule has 0 aromatic heterocycles. The van der Waals surface area contributed by atoms with E-state index in [9.17, 15) is 8.78 Å². The number of benzene rings is 2. The van der Waals surface area contributed by atoms with Crippen LogP contribution in [0.25, 0.3) is 0 Å². The maximum absolute atomic E-state index is 13.8. The quantitative estimate of drug-likeness (QED) is 0.890. The summed E-state index contributed by atoms with van der Waals surface area (Å²) in [5.41, 5.74) is 6.57. The van der Waals surface area contributed by atoms with Crippen LogP contribution in [0.15, 0.2) is 36.4 Å². The Morgan fingerprint density at radius 3 is 2.52 bits per heavy atom. The number of methoxy groups -OCH3 is 1. The molecular formula is C16H17F2NO2. The molecule has 0 spiro atoms. The molecule has 0 saturated heterocycles. The van der Waals surface area contributed by atoms with Gasteiger partial charge in [-0.1, -0.05) is 0 Å². The fraction of sp³-hybridized carbons (Fsp3) is 0.250. The van der Waals surface area contributed by atoms with Gasteiger partial charge >= 0.3 is 0 Å². The maximum atomic E-state index is 13.8. The monoisotopic (exact) mass is 293 g/mol. The lowest BCUT2D eigenvalue weighted by Gasteiger charge is -2.12. The summed E-state index contributed by atoms with van der Waals surface area (Å²) in [5.74, 6) is 0.206. The highest BCUT2D eigenvalue weighted by atomic mass is 19.1. The molecule has 0 unspecified atom stereocenters. The highest BCUT2D eigenvalue weighted by molar-refractivity contribution is 5.35. The van der Waals surface area contributed by atoms with E-state index in [2.05, 4.69) is 0 Å². The van der Waals surface area contributed by atoms with Gasteiger partial charge in [0.1, 0.15) is 29.7 Å². The molecule has 0 heterocycles. The Bertz CT molecular complexity index is 617. The summed E-state index contributed by atoms with van der Waals surface area (Å²) in [4.78, 5) is 0. The molecule has 2 aromatic rings. The third-order valence-electron chi connectivity index (χ3n) is 3.08. The van der Waals surface area contributed by atoms with E-state index in [1.165, 1.54) is 31.4 Å². The van der Waals surface area contributed by atoms with Crippen LogP contribution in [-0.2, 0) is 13.0 Å². The molecule has 5 heteroatoms. The van der Waals surface area contributed by atoms with Crippen LogP contribution in [0.4, 0.5) is 8.78 Å². The fourth-order valence-electron chi connectivity index (χ4n) is 1.97. The highest BCUT2D eigenvalue weighted by Gasteiger charge is 2.08. The van der Waals surface area contributed by atoms with Gasteiger partial charge in [-0.25, -0.2) is 8.78 Å². The summed E-state index contributed by atoms with van der Waals surface area (Å²) < 4.78 is 37.5. The Kier molecular flexibility index (Phi) is 5.11. The van der Waals surface area contributed by atoms with Crippen molar-refractivity contribution in [3.05, 3.63) is 59.2 Å². The lowest BCUT2D eigenvalue weighted by atomic mass is 10.1. The Morgan fingerprint density at radius 1 is 1.05 bits per heavy atom. The zero-order valence-corrected chi connectivity index (χ0v) is 11.7. The summed E-state index contributed by atoms with van der Waals surface area (Å²) in [7, 11) is 1.47. The molecule has 2 N–H and O–H groups in total. The van der Waals surface area contributed by atoms with Crippen molar-refractivity contribution in [3.8, 4) is 11.5 Å². The van der Waals surface area contributed by atoms with Gasteiger partial charge in [-0.15, -0.1) is 0 Å². The predicted octanol–water partition coefficient (Wildman–Crippen LogP) is 3.05. The number of rotatable bonds is 6. The second kappa shape index (κ2) is 7.04. The van der Waals surface area contributed by atoms with Crippen LogP contribution in [0.3, 0.4) is 0 Å². The summed E-state index contributed by atoms with van der Waals surface area (Å²) in [6, 6.07) is 8.77. The molecular weight excluding hydrogens is 276 g/mol. The van der Waals surface area contributed by atoms with Crippen molar-refractivity contribution in [2.45, 2.75) is 13.0 Å². The first-order valence-electron chi connectivity index (χ1n) is 6.57. The first-order chi connectivity index (χ1) is 10.1. The van der Waals surface area contributed by atoms with E-state index >= 15 is 0 Å². The Morgan fingerprint density at radius 2 is 1.86 bits per heavy atom. The fourth-order valence-corrected chi connectivity index (χ4v) is 1.97. The van der Waals surface area contributed by atoms with Gasteiger partial charge in [0, 0.05) is 11.6 Å². The Balaban J connectivity index is 2.12. The second-order valence-electron chi connectivity index (χ2n) is 4.54. The molecule has 2 aromatic carbocycles. The minimum absolute atomic E-state index is 0.0546. The van der Waals surface area contributed by atoms with Gasteiger partial charge in [0.2, 0.25) is 0 Å². The zero-order valence-electron chi connectivity index (χ0n) is 11.7. The molecule has 0 bridgehead atoms. The predicted molar refractivity (Wildman–Crippen MR) is 76.4 cm³/mol. The van der Waals surface area contributed by atoms with Crippen LogP contribution >= 0.6 is 0 Å². The second-order valence-corrected chi connectivity index (χ2v) is 4.54. The smallest absolute Gasteiger partial charge is 0.133 e. The van der Waals surface area contributed by atoms with E-state index < -0.39 is 5.82 Å². The van der Waals surface area contributed by atoms with Crippen molar-refractivity contribution in [2.75, 3.05) is 13.7 Å². The van der Waals surface area contributed by atoms with Gasteiger partial charge < -0.3 is 15.2 Å². The largest absolute Gasteiger partial charge is 0.497 e. The number of halogens is 2. The topological polar surface area (TPSA) is 44.5 Å². The standard InChI is InChI=1S/C16H17F2NO2/c1-20-14-4-2-12(15(18)9-14)10-21-16-5-3-13(17)8-11(16)6-7-19/h2-5,8-9H,6-7,10,19H2,1H3. The van der Waals surface area contributed by atoms with Crippen molar-refractivity contribution < 1.29 is 18.3 Å². The molecule has 0 aliphatic rings. The van der Waals surface area contributed by atoms with Gasteiger partial charge in [-0.05, 0) is 48.9 Å². The highest BCUT2D eigenvalue weighted by Crippen LogP contribution is 2.23. The molecule has 21 heavy (non-hydrogen) atoms. The first-order valence-corrected chi connectivity index (χ1v) is 6.57. The van der Waals surface area contributed by atoms with E-state index in [0.29, 0.717) is 35.6 Å². The number of hydrogen-bond acceptors (Lipinski definition) is 3. The molecule has 0 radical (unpaired) electrons. The molecule has 0 aliphatic heterocycles. The Labute approximate surface area is 122 Å². The molecule has 0 saturated carbocycles. The average molecular weight is 293 g/mol. The van der Waals surface area contributed by atoms with Crippen LogP contribution in [-0.4, -0.2) is 13.7 Å². The number of hydrogen-bond donors (Lipinski definition) is 1. The van der Waals surface area contributed by atoms with E-state index in [0.717, 1.165) is 0 Å². The van der Waals surface area contributed by atoms with Crippen molar-refractivity contribution >= 4 is 0 Å². The van der Waals surface area contributed by atoms with Crippen LogP contribution in [0.1, 0.15) is 11.1 Å². The normalized spacial score (nSPS) is 10.5. The maximum Gasteiger partial charge on any atom is 0.133 e. The van der Waals surface area contributed by atoms with E-state index in [4.69, 9.17) is 15.2 Å². The molecule has 0 aliphatic carbocycles. The molecule has 112 valence electrons. The number of nitrogens with two attached hydrogens (primary N) is 1. The first kappa shape index (κ1) is 15.3. The molecule has 2 rings (SSSR count). The van der Waals surface area contributed by atoms with Gasteiger partial charge in [-0.3, -0.25) is 0 Å². The minimum Gasteiger partial charge on any atom is -0.497 e. The SMILES string of the molecule is COc1ccc(COc2ccc(F)cc2CCN)c(F)c1. The zero-order chi connectivity index (χ0) is 15.2. The van der Waals surface area contributed by atoms with E-state index in [1.54, 1.807) is 12.1 Å². The van der Waals surface area contributed by atoms with Crippen LogP contribution in [0, 0.1) is 11.6 Å². The van der Waals surface area contributed by atoms with Crippen molar-refractivity contribution in [2.24, 2.45) is 5.73 Å². The van der Waals surface area contributed by atoms with Crippen molar-refractivity contribution in [3.63, 3.8) is 0 Å². The van der Waals surface area contributed by atoms with Crippen LogP contribution in [0.2, 0.25) is 0 Å². The molecule has 3 nitrogen and oxygen atoms in total. The van der Waals surface area contributed by atoms with E-state index in [-0.39, 0.29) is 12.4 Å². The average Bonchev–Trinajstić information content (AvgIpc) is 2.48. The third kappa shape index (κ3) is 3.92. The van der Waals surface area contributed by atoms with Crippen molar-refractivity contribution in [1.82, 2.24) is 0 Å². The van der Waals surface area contributed by atoms with Gasteiger partial charge in [0.05, 0.1) is 7.11 Å². The van der Waals surface area contributed by atoms with Crippen LogP contribution < -0.4 is 15.2 Å². The summed E-state index contributed by atoms with van der Waals surface area (Å²) in [6.45, 7) is 0.440. The molecule has 0 amide bonds. The summed E-state index contributed by atoms with van der Waals surface area (Å²) >= 11 is 0. The molecule has 0 fully saturated rings.